The minimum absolute atomic E-state index is 0.0780. The van der Waals surface area contributed by atoms with E-state index in [4.69, 9.17) is 5.73 Å². The molecule has 0 bridgehead atoms. The van der Waals surface area contributed by atoms with Crippen molar-refractivity contribution in [1.29, 1.82) is 0 Å². The first-order valence-corrected chi connectivity index (χ1v) is 7.73. The number of carbonyl (C=O) groups is 1. The first-order chi connectivity index (χ1) is 8.92. The summed E-state index contributed by atoms with van der Waals surface area (Å²) in [4.78, 5) is 11.8. The van der Waals surface area contributed by atoms with E-state index in [-0.39, 0.29) is 24.7 Å². The van der Waals surface area contributed by atoms with Crippen molar-refractivity contribution in [2.45, 2.75) is 0 Å². The Hall–Kier alpha value is -1.84. The largest absolute Gasteiger partial charge is 0.351 e. The lowest BCUT2D eigenvalue weighted by Crippen LogP contribution is -2.28. The highest BCUT2D eigenvalue weighted by Crippen LogP contribution is 2.03. The zero-order chi connectivity index (χ0) is 14.3. The van der Waals surface area contributed by atoms with Crippen molar-refractivity contribution < 1.29 is 13.2 Å². The lowest BCUT2D eigenvalue weighted by Gasteiger charge is -2.04. The second-order valence-corrected chi connectivity index (χ2v) is 6.23. The Morgan fingerprint density at radius 2 is 2.16 bits per heavy atom. The van der Waals surface area contributed by atoms with E-state index in [0.29, 0.717) is 11.1 Å². The van der Waals surface area contributed by atoms with E-state index in [1.165, 1.54) is 0 Å². The summed E-state index contributed by atoms with van der Waals surface area (Å²) in [6, 6.07) is 6.77. The molecule has 0 saturated carbocycles. The average molecular weight is 280 g/mol. The third kappa shape index (κ3) is 6.04. The molecule has 0 aliphatic carbocycles. The van der Waals surface area contributed by atoms with Gasteiger partial charge in [-0.3, -0.25) is 4.79 Å². The molecule has 19 heavy (non-hydrogen) atoms. The van der Waals surface area contributed by atoms with Crippen molar-refractivity contribution in [2.75, 3.05) is 25.1 Å². The number of nitrogens with one attached hydrogen (secondary N) is 1. The lowest BCUT2D eigenvalue weighted by atomic mass is 10.1. The van der Waals surface area contributed by atoms with Crippen LogP contribution in [0.25, 0.3) is 0 Å². The Kier molecular flexibility index (Phi) is 5.55. The Balaban J connectivity index is 2.67. The van der Waals surface area contributed by atoms with Crippen LogP contribution in [0.3, 0.4) is 0 Å². The van der Waals surface area contributed by atoms with Gasteiger partial charge in [-0.2, -0.15) is 0 Å². The lowest BCUT2D eigenvalue weighted by molar-refractivity contribution is 0.0956. The molecule has 0 aliphatic heterocycles. The van der Waals surface area contributed by atoms with Gasteiger partial charge in [0.2, 0.25) is 0 Å². The summed E-state index contributed by atoms with van der Waals surface area (Å²) in [5.74, 6) is 5.13. The standard InChI is InChI=1S/C13H16N2O3S/c1-19(17,18)9-8-15-13(16)12-6-2-4-11(10-12)5-3-7-14/h2,4,6,10H,7-9,14H2,1H3,(H,15,16). The van der Waals surface area contributed by atoms with Crippen molar-refractivity contribution in [3.8, 4) is 11.8 Å². The fourth-order valence-electron chi connectivity index (χ4n) is 1.34. The minimum Gasteiger partial charge on any atom is -0.351 e. The SMILES string of the molecule is CS(=O)(=O)CCNC(=O)c1cccc(C#CCN)c1. The molecule has 0 fully saturated rings. The van der Waals surface area contributed by atoms with Crippen LogP contribution in [-0.4, -0.2) is 39.4 Å². The van der Waals surface area contributed by atoms with E-state index in [2.05, 4.69) is 17.2 Å². The fraction of sp³-hybridized carbons (Fsp3) is 0.308. The van der Waals surface area contributed by atoms with Crippen molar-refractivity contribution in [1.82, 2.24) is 5.32 Å². The van der Waals surface area contributed by atoms with Crippen LogP contribution in [0.15, 0.2) is 24.3 Å². The monoisotopic (exact) mass is 280 g/mol. The highest BCUT2D eigenvalue weighted by atomic mass is 32.2. The number of nitrogens with two attached hydrogens (primary N) is 1. The zero-order valence-corrected chi connectivity index (χ0v) is 11.5. The van der Waals surface area contributed by atoms with Crippen LogP contribution >= 0.6 is 0 Å². The smallest absolute Gasteiger partial charge is 0.251 e. The molecular formula is C13H16N2O3S. The quantitative estimate of drug-likeness (QED) is 0.746. The van der Waals surface area contributed by atoms with Gasteiger partial charge in [-0.05, 0) is 18.2 Å². The second kappa shape index (κ2) is 6.92. The molecule has 3 N–H and O–H groups in total. The normalized spacial score (nSPS) is 10.4. The highest BCUT2D eigenvalue weighted by molar-refractivity contribution is 7.90. The maximum atomic E-state index is 11.8. The van der Waals surface area contributed by atoms with E-state index in [1.54, 1.807) is 24.3 Å². The summed E-state index contributed by atoms with van der Waals surface area (Å²) >= 11 is 0. The fourth-order valence-corrected chi connectivity index (χ4v) is 1.82. The van der Waals surface area contributed by atoms with Crippen molar-refractivity contribution in [3.63, 3.8) is 0 Å². The molecule has 0 aliphatic rings. The van der Waals surface area contributed by atoms with Gasteiger partial charge in [-0.15, -0.1) is 0 Å². The van der Waals surface area contributed by atoms with Crippen LogP contribution < -0.4 is 11.1 Å². The number of carbonyl (C=O) groups excluding carboxylic acids is 1. The predicted octanol–water partition coefficient (Wildman–Crippen LogP) is -0.229. The summed E-state index contributed by atoms with van der Waals surface area (Å²) < 4.78 is 21.9. The Morgan fingerprint density at radius 3 is 2.79 bits per heavy atom. The number of benzene rings is 1. The van der Waals surface area contributed by atoms with Gasteiger partial charge in [0, 0.05) is 23.9 Å². The van der Waals surface area contributed by atoms with Crippen LogP contribution in [0.1, 0.15) is 15.9 Å². The predicted molar refractivity (Wildman–Crippen MR) is 74.4 cm³/mol. The second-order valence-electron chi connectivity index (χ2n) is 3.97. The molecule has 1 amide bonds. The molecule has 6 heteroatoms. The molecule has 1 aromatic rings. The van der Waals surface area contributed by atoms with Gasteiger partial charge in [-0.1, -0.05) is 17.9 Å². The van der Waals surface area contributed by atoms with Crippen LogP contribution in [0, 0.1) is 11.8 Å². The van der Waals surface area contributed by atoms with E-state index in [0.717, 1.165) is 6.26 Å². The molecular weight excluding hydrogens is 264 g/mol. The number of amides is 1. The first kappa shape index (κ1) is 15.2. The molecule has 0 unspecified atom stereocenters. The molecule has 0 radical (unpaired) electrons. The first-order valence-electron chi connectivity index (χ1n) is 5.67. The van der Waals surface area contributed by atoms with Crippen molar-refractivity contribution in [3.05, 3.63) is 35.4 Å². The van der Waals surface area contributed by atoms with Crippen molar-refractivity contribution >= 4 is 15.7 Å². The zero-order valence-electron chi connectivity index (χ0n) is 10.6. The van der Waals surface area contributed by atoms with E-state index in [9.17, 15) is 13.2 Å². The molecule has 1 aromatic carbocycles. The van der Waals surface area contributed by atoms with Gasteiger partial charge in [-0.25, -0.2) is 8.42 Å². The minimum atomic E-state index is -3.07. The summed E-state index contributed by atoms with van der Waals surface area (Å²) in [5.41, 5.74) is 6.41. The summed E-state index contributed by atoms with van der Waals surface area (Å²) in [5, 5.41) is 2.55. The molecule has 0 aromatic heterocycles. The maximum absolute atomic E-state index is 11.8. The van der Waals surface area contributed by atoms with E-state index >= 15 is 0 Å². The third-order valence-electron chi connectivity index (χ3n) is 2.22. The number of hydrogen-bond donors (Lipinski definition) is 2. The van der Waals surface area contributed by atoms with Gasteiger partial charge < -0.3 is 11.1 Å². The molecule has 5 nitrogen and oxygen atoms in total. The van der Waals surface area contributed by atoms with Crippen molar-refractivity contribution in [2.24, 2.45) is 5.73 Å². The average Bonchev–Trinajstić information content (AvgIpc) is 2.35. The third-order valence-corrected chi connectivity index (χ3v) is 3.16. The van der Waals surface area contributed by atoms with E-state index < -0.39 is 9.84 Å². The molecule has 0 heterocycles. The maximum Gasteiger partial charge on any atom is 0.251 e. The molecule has 1 rings (SSSR count). The van der Waals surface area contributed by atoms with Gasteiger partial charge in [0.1, 0.15) is 9.84 Å². The Bertz CT molecular complexity index is 612. The Morgan fingerprint density at radius 1 is 1.42 bits per heavy atom. The summed E-state index contributed by atoms with van der Waals surface area (Å²) in [6.45, 7) is 0.348. The van der Waals surface area contributed by atoms with Gasteiger partial charge in [0.05, 0.1) is 12.3 Å². The van der Waals surface area contributed by atoms with E-state index in [1.807, 2.05) is 0 Å². The number of sulfone groups is 1. The summed E-state index contributed by atoms with van der Waals surface area (Å²) in [7, 11) is -3.07. The molecule has 102 valence electrons. The molecule has 0 atom stereocenters. The number of hydrogen-bond acceptors (Lipinski definition) is 4. The van der Waals surface area contributed by atoms with Gasteiger partial charge in [0.15, 0.2) is 0 Å². The van der Waals surface area contributed by atoms with Gasteiger partial charge >= 0.3 is 0 Å². The van der Waals surface area contributed by atoms with Crippen LogP contribution in [0.2, 0.25) is 0 Å². The molecule has 0 spiro atoms. The topological polar surface area (TPSA) is 89.3 Å². The highest BCUT2D eigenvalue weighted by Gasteiger charge is 2.07. The van der Waals surface area contributed by atoms with Gasteiger partial charge in [0.25, 0.3) is 5.91 Å². The Labute approximate surface area is 113 Å². The van der Waals surface area contributed by atoms with Crippen LogP contribution in [0.5, 0.6) is 0 Å². The summed E-state index contributed by atoms with van der Waals surface area (Å²) in [6.07, 6.45) is 1.13. The van der Waals surface area contributed by atoms with Crippen LogP contribution in [-0.2, 0) is 9.84 Å². The van der Waals surface area contributed by atoms with Crippen LogP contribution in [0.4, 0.5) is 0 Å². The number of rotatable bonds is 4. The molecule has 0 saturated heterocycles.